The highest BCUT2D eigenvalue weighted by atomic mass is 15.4. The molecule has 1 heterocycles. The number of aromatic nitrogens is 3. The van der Waals surface area contributed by atoms with Crippen LogP contribution in [0.25, 0.3) is 0 Å². The molecular weight excluding hydrogens is 128 g/mol. The number of aryl methyl sites for hydroxylation is 1. The molecule has 0 aromatic carbocycles. The van der Waals surface area contributed by atoms with Crippen LogP contribution in [0.1, 0.15) is 23.9 Å². The zero-order chi connectivity index (χ0) is 7.14. The van der Waals surface area contributed by atoms with Crippen molar-refractivity contribution in [3.8, 4) is 0 Å². The Labute approximate surface area is 59.0 Å². The molecule has 1 unspecified atom stereocenters. The largest absolute Gasteiger partial charge is 0.323 e. The standard InChI is InChI=1S/C6H10N4/c1-10-5-3-2-4(7)6(5)8-9-10/h4H,2-3,7H2,1H3. The predicted octanol–water partition coefficient (Wildman–Crippen LogP) is -0.239. The summed E-state index contributed by atoms with van der Waals surface area (Å²) >= 11 is 0. The molecule has 1 aromatic heterocycles. The van der Waals surface area contributed by atoms with Crippen molar-refractivity contribution in [3.05, 3.63) is 11.4 Å². The van der Waals surface area contributed by atoms with Crippen molar-refractivity contribution in [1.82, 2.24) is 15.0 Å². The van der Waals surface area contributed by atoms with Crippen LogP contribution in [0.3, 0.4) is 0 Å². The molecule has 0 saturated heterocycles. The Hall–Kier alpha value is -0.900. The van der Waals surface area contributed by atoms with Crippen molar-refractivity contribution in [2.24, 2.45) is 12.8 Å². The summed E-state index contributed by atoms with van der Waals surface area (Å²) in [6.07, 6.45) is 2.05. The number of hydrogen-bond donors (Lipinski definition) is 1. The van der Waals surface area contributed by atoms with Gasteiger partial charge in [-0.1, -0.05) is 5.21 Å². The molecule has 0 saturated carbocycles. The van der Waals surface area contributed by atoms with Gasteiger partial charge in [-0.3, -0.25) is 4.68 Å². The minimum atomic E-state index is 0.128. The first kappa shape index (κ1) is 5.85. The fourth-order valence-corrected chi connectivity index (χ4v) is 1.40. The summed E-state index contributed by atoms with van der Waals surface area (Å²) < 4.78 is 1.81. The third kappa shape index (κ3) is 0.593. The maximum Gasteiger partial charge on any atom is 0.103 e. The van der Waals surface area contributed by atoms with Gasteiger partial charge in [-0.2, -0.15) is 0 Å². The maximum atomic E-state index is 5.74. The van der Waals surface area contributed by atoms with Gasteiger partial charge < -0.3 is 5.73 Å². The molecule has 0 radical (unpaired) electrons. The second-order valence-electron chi connectivity index (χ2n) is 2.69. The van der Waals surface area contributed by atoms with Gasteiger partial charge in [0.2, 0.25) is 0 Å². The number of fused-ring (bicyclic) bond motifs is 1. The minimum Gasteiger partial charge on any atom is -0.323 e. The molecule has 2 N–H and O–H groups in total. The van der Waals surface area contributed by atoms with Crippen molar-refractivity contribution in [1.29, 1.82) is 0 Å². The topological polar surface area (TPSA) is 56.7 Å². The third-order valence-electron chi connectivity index (χ3n) is 2.02. The summed E-state index contributed by atoms with van der Waals surface area (Å²) in [6.45, 7) is 0. The molecule has 0 amide bonds. The normalized spacial score (nSPS) is 23.2. The molecule has 4 heteroatoms. The SMILES string of the molecule is Cn1nnc2c1CCC2N. The molecule has 1 atom stereocenters. The second-order valence-corrected chi connectivity index (χ2v) is 2.69. The van der Waals surface area contributed by atoms with Crippen LogP contribution in [0, 0.1) is 0 Å². The fourth-order valence-electron chi connectivity index (χ4n) is 1.40. The highest BCUT2D eigenvalue weighted by Gasteiger charge is 2.23. The average molecular weight is 138 g/mol. The fraction of sp³-hybridized carbons (Fsp3) is 0.667. The summed E-state index contributed by atoms with van der Waals surface area (Å²) in [4.78, 5) is 0. The Morgan fingerprint density at radius 3 is 3.20 bits per heavy atom. The molecule has 0 bridgehead atoms. The van der Waals surface area contributed by atoms with E-state index in [1.165, 1.54) is 5.69 Å². The summed E-state index contributed by atoms with van der Waals surface area (Å²) in [6, 6.07) is 0.128. The van der Waals surface area contributed by atoms with E-state index in [4.69, 9.17) is 5.73 Å². The Bertz CT molecular complexity index is 252. The van der Waals surface area contributed by atoms with Crippen molar-refractivity contribution in [2.45, 2.75) is 18.9 Å². The molecule has 1 aromatic rings. The van der Waals surface area contributed by atoms with Crippen LogP contribution < -0.4 is 5.73 Å². The van der Waals surface area contributed by atoms with E-state index in [2.05, 4.69) is 10.3 Å². The first-order valence-electron chi connectivity index (χ1n) is 3.43. The molecule has 0 aliphatic heterocycles. The van der Waals surface area contributed by atoms with Crippen LogP contribution in [0.5, 0.6) is 0 Å². The van der Waals surface area contributed by atoms with Gasteiger partial charge >= 0.3 is 0 Å². The summed E-state index contributed by atoms with van der Waals surface area (Å²) in [5.41, 5.74) is 7.93. The zero-order valence-corrected chi connectivity index (χ0v) is 5.91. The van der Waals surface area contributed by atoms with Crippen LogP contribution in [0.15, 0.2) is 0 Å². The van der Waals surface area contributed by atoms with Crippen molar-refractivity contribution >= 4 is 0 Å². The molecule has 0 spiro atoms. The summed E-state index contributed by atoms with van der Waals surface area (Å²) in [7, 11) is 1.91. The van der Waals surface area contributed by atoms with Gasteiger partial charge in [-0.15, -0.1) is 5.10 Å². The number of nitrogens with two attached hydrogens (primary N) is 1. The van der Waals surface area contributed by atoms with Gasteiger partial charge in [0.15, 0.2) is 0 Å². The monoisotopic (exact) mass is 138 g/mol. The van der Waals surface area contributed by atoms with Gasteiger partial charge in [0.1, 0.15) is 5.69 Å². The van der Waals surface area contributed by atoms with E-state index < -0.39 is 0 Å². The van der Waals surface area contributed by atoms with Crippen LogP contribution in [0.2, 0.25) is 0 Å². The molecule has 54 valence electrons. The Morgan fingerprint density at radius 2 is 2.50 bits per heavy atom. The van der Waals surface area contributed by atoms with Gasteiger partial charge in [0.25, 0.3) is 0 Å². The van der Waals surface area contributed by atoms with Gasteiger partial charge in [0, 0.05) is 7.05 Å². The van der Waals surface area contributed by atoms with E-state index in [1.54, 1.807) is 0 Å². The second kappa shape index (κ2) is 1.79. The first-order chi connectivity index (χ1) is 4.79. The molecule has 1 aliphatic carbocycles. The van der Waals surface area contributed by atoms with Crippen LogP contribution in [0.4, 0.5) is 0 Å². The zero-order valence-electron chi connectivity index (χ0n) is 5.91. The average Bonchev–Trinajstić information content (AvgIpc) is 2.41. The first-order valence-corrected chi connectivity index (χ1v) is 3.43. The molecule has 10 heavy (non-hydrogen) atoms. The van der Waals surface area contributed by atoms with Crippen LogP contribution in [-0.2, 0) is 13.5 Å². The maximum absolute atomic E-state index is 5.74. The van der Waals surface area contributed by atoms with Crippen molar-refractivity contribution in [2.75, 3.05) is 0 Å². The van der Waals surface area contributed by atoms with E-state index in [9.17, 15) is 0 Å². The van der Waals surface area contributed by atoms with Crippen molar-refractivity contribution < 1.29 is 0 Å². The quantitative estimate of drug-likeness (QED) is 0.538. The van der Waals surface area contributed by atoms with Crippen LogP contribution >= 0.6 is 0 Å². The minimum absolute atomic E-state index is 0.128. The van der Waals surface area contributed by atoms with E-state index in [0.29, 0.717) is 0 Å². The number of hydrogen-bond acceptors (Lipinski definition) is 3. The highest BCUT2D eigenvalue weighted by molar-refractivity contribution is 5.19. The molecule has 2 rings (SSSR count). The van der Waals surface area contributed by atoms with Gasteiger partial charge in [-0.25, -0.2) is 0 Å². The predicted molar refractivity (Wildman–Crippen MR) is 36.3 cm³/mol. The Kier molecular flexibility index (Phi) is 1.05. The van der Waals surface area contributed by atoms with E-state index in [-0.39, 0.29) is 6.04 Å². The lowest BCUT2D eigenvalue weighted by atomic mass is 10.3. The van der Waals surface area contributed by atoms with Gasteiger partial charge in [0.05, 0.1) is 11.7 Å². The summed E-state index contributed by atoms with van der Waals surface area (Å²) in [5.74, 6) is 0. The van der Waals surface area contributed by atoms with E-state index in [0.717, 1.165) is 18.5 Å². The Morgan fingerprint density at radius 1 is 1.70 bits per heavy atom. The van der Waals surface area contributed by atoms with E-state index in [1.807, 2.05) is 11.7 Å². The highest BCUT2D eigenvalue weighted by Crippen LogP contribution is 2.25. The Balaban J connectivity index is 2.53. The summed E-state index contributed by atoms with van der Waals surface area (Å²) in [5, 5.41) is 7.84. The lowest BCUT2D eigenvalue weighted by Crippen LogP contribution is -2.05. The van der Waals surface area contributed by atoms with Gasteiger partial charge in [-0.05, 0) is 12.8 Å². The van der Waals surface area contributed by atoms with Crippen LogP contribution in [-0.4, -0.2) is 15.0 Å². The number of nitrogens with zero attached hydrogens (tertiary/aromatic N) is 3. The molecule has 1 aliphatic rings. The smallest absolute Gasteiger partial charge is 0.103 e. The lowest BCUT2D eigenvalue weighted by Gasteiger charge is -1.94. The molecule has 4 nitrogen and oxygen atoms in total. The number of rotatable bonds is 0. The molecule has 0 fully saturated rings. The molecular formula is C6H10N4. The lowest BCUT2D eigenvalue weighted by molar-refractivity contribution is 0.625. The third-order valence-corrected chi connectivity index (χ3v) is 2.02. The van der Waals surface area contributed by atoms with Crippen molar-refractivity contribution in [3.63, 3.8) is 0 Å². The van der Waals surface area contributed by atoms with E-state index >= 15 is 0 Å².